The number of guanidine groups is 1. The van der Waals surface area contributed by atoms with Gasteiger partial charge in [-0.15, -0.1) is 0 Å². The van der Waals surface area contributed by atoms with E-state index in [-0.39, 0.29) is 5.60 Å². The van der Waals surface area contributed by atoms with E-state index >= 15 is 0 Å². The van der Waals surface area contributed by atoms with Crippen LogP contribution in [0.4, 0.5) is 0 Å². The molecule has 0 aromatic rings. The van der Waals surface area contributed by atoms with Crippen LogP contribution in [-0.2, 0) is 4.74 Å². The van der Waals surface area contributed by atoms with Crippen LogP contribution in [0.15, 0.2) is 4.99 Å². The summed E-state index contributed by atoms with van der Waals surface area (Å²) >= 11 is 0. The van der Waals surface area contributed by atoms with E-state index in [1.807, 2.05) is 0 Å². The van der Waals surface area contributed by atoms with E-state index in [9.17, 15) is 0 Å². The molecule has 1 atom stereocenters. The number of ether oxygens (including phenoxy) is 1. The molecular formula is C11H23N3O. The molecule has 1 rings (SSSR count). The maximum Gasteiger partial charge on any atom is 0.191 e. The summed E-state index contributed by atoms with van der Waals surface area (Å²) in [6, 6.07) is 0. The van der Waals surface area contributed by atoms with Crippen molar-refractivity contribution in [3.05, 3.63) is 0 Å². The van der Waals surface area contributed by atoms with Crippen LogP contribution in [0.2, 0.25) is 0 Å². The molecule has 4 nitrogen and oxygen atoms in total. The topological polar surface area (TPSA) is 50.8 Å². The summed E-state index contributed by atoms with van der Waals surface area (Å²) < 4.78 is 5.66. The van der Waals surface area contributed by atoms with Gasteiger partial charge in [-0.05, 0) is 33.6 Å². The Bertz CT molecular complexity index is 218. The van der Waals surface area contributed by atoms with Gasteiger partial charge < -0.3 is 15.4 Å². The lowest BCUT2D eigenvalue weighted by molar-refractivity contribution is 0.0282. The molecule has 1 unspecified atom stereocenters. The molecule has 1 heterocycles. The Labute approximate surface area is 92.5 Å². The highest BCUT2D eigenvalue weighted by Gasteiger charge is 2.29. The van der Waals surface area contributed by atoms with Crippen molar-refractivity contribution in [3.8, 4) is 0 Å². The van der Waals surface area contributed by atoms with Crippen molar-refractivity contribution in [2.75, 3.05) is 26.2 Å². The fourth-order valence-electron chi connectivity index (χ4n) is 1.86. The summed E-state index contributed by atoms with van der Waals surface area (Å²) in [5.74, 6) is 0.636. The number of aliphatic imine (C=N–C) groups is 1. The second-order valence-electron chi connectivity index (χ2n) is 4.25. The Balaban J connectivity index is 2.48. The number of hydrogen-bond acceptors (Lipinski definition) is 2. The van der Waals surface area contributed by atoms with E-state index in [0.29, 0.717) is 12.5 Å². The molecule has 0 radical (unpaired) electrons. The van der Waals surface area contributed by atoms with Gasteiger partial charge in [-0.2, -0.15) is 0 Å². The molecule has 0 aromatic carbocycles. The third kappa shape index (κ3) is 3.38. The Morgan fingerprint density at radius 1 is 1.47 bits per heavy atom. The van der Waals surface area contributed by atoms with Crippen LogP contribution in [0, 0.1) is 0 Å². The molecule has 0 amide bonds. The van der Waals surface area contributed by atoms with Gasteiger partial charge in [0, 0.05) is 19.7 Å². The number of rotatable bonds is 4. The van der Waals surface area contributed by atoms with Gasteiger partial charge in [-0.1, -0.05) is 0 Å². The van der Waals surface area contributed by atoms with Crippen molar-refractivity contribution in [2.24, 2.45) is 10.7 Å². The zero-order chi connectivity index (χ0) is 11.3. The lowest BCUT2D eigenvalue weighted by atomic mass is 10.0. The van der Waals surface area contributed by atoms with Crippen molar-refractivity contribution >= 4 is 5.96 Å². The summed E-state index contributed by atoms with van der Waals surface area (Å²) in [5.41, 5.74) is 5.81. The van der Waals surface area contributed by atoms with Crippen molar-refractivity contribution in [1.82, 2.24) is 4.90 Å². The predicted molar refractivity (Wildman–Crippen MR) is 63.0 cm³/mol. The van der Waals surface area contributed by atoms with Crippen molar-refractivity contribution in [3.63, 3.8) is 0 Å². The molecule has 2 N–H and O–H groups in total. The fraction of sp³-hybridized carbons (Fsp3) is 0.909. The van der Waals surface area contributed by atoms with Crippen LogP contribution >= 0.6 is 0 Å². The lowest BCUT2D eigenvalue weighted by Gasteiger charge is -2.23. The summed E-state index contributed by atoms with van der Waals surface area (Å²) in [6.45, 7) is 9.62. The highest BCUT2D eigenvalue weighted by atomic mass is 16.5. The van der Waals surface area contributed by atoms with Crippen LogP contribution in [0.3, 0.4) is 0 Å². The molecular weight excluding hydrogens is 190 g/mol. The minimum Gasteiger partial charge on any atom is -0.373 e. The third-order valence-corrected chi connectivity index (χ3v) is 2.96. The smallest absolute Gasteiger partial charge is 0.191 e. The van der Waals surface area contributed by atoms with Gasteiger partial charge in [0.1, 0.15) is 0 Å². The van der Waals surface area contributed by atoms with E-state index in [1.54, 1.807) is 0 Å². The standard InChI is InChI=1S/C11H23N3O/c1-4-14(5-2)10(12)13-9-11(3)7-6-8-15-11/h4-9H2,1-3H3,(H2,12,13). The quantitative estimate of drug-likeness (QED) is 0.564. The molecule has 0 saturated carbocycles. The van der Waals surface area contributed by atoms with Crippen LogP contribution in [0.1, 0.15) is 33.6 Å². The molecule has 15 heavy (non-hydrogen) atoms. The molecule has 0 bridgehead atoms. The maximum absolute atomic E-state index is 5.90. The first-order chi connectivity index (χ1) is 7.11. The average Bonchev–Trinajstić information content (AvgIpc) is 2.65. The Hall–Kier alpha value is -0.770. The van der Waals surface area contributed by atoms with E-state index in [2.05, 4.69) is 30.7 Å². The summed E-state index contributed by atoms with van der Waals surface area (Å²) in [6.07, 6.45) is 2.22. The molecule has 0 spiro atoms. The highest BCUT2D eigenvalue weighted by molar-refractivity contribution is 5.78. The minimum atomic E-state index is -0.0855. The zero-order valence-electron chi connectivity index (χ0n) is 10.1. The van der Waals surface area contributed by atoms with Crippen molar-refractivity contribution < 1.29 is 4.74 Å². The highest BCUT2D eigenvalue weighted by Crippen LogP contribution is 2.24. The van der Waals surface area contributed by atoms with Crippen LogP contribution in [0.25, 0.3) is 0 Å². The SMILES string of the molecule is CCN(CC)C(N)=NCC1(C)CCCO1. The zero-order valence-corrected chi connectivity index (χ0v) is 10.1. The van der Waals surface area contributed by atoms with Gasteiger partial charge in [-0.25, -0.2) is 0 Å². The molecule has 0 aliphatic carbocycles. The first-order valence-corrected chi connectivity index (χ1v) is 5.80. The van der Waals surface area contributed by atoms with Crippen LogP contribution < -0.4 is 5.73 Å². The molecule has 1 saturated heterocycles. The van der Waals surface area contributed by atoms with Crippen molar-refractivity contribution in [2.45, 2.75) is 39.2 Å². The normalized spacial score (nSPS) is 27.0. The number of nitrogens with zero attached hydrogens (tertiary/aromatic N) is 2. The molecule has 1 aliphatic rings. The molecule has 88 valence electrons. The Morgan fingerprint density at radius 2 is 2.13 bits per heavy atom. The number of nitrogens with two attached hydrogens (primary N) is 1. The largest absolute Gasteiger partial charge is 0.373 e. The van der Waals surface area contributed by atoms with E-state index in [4.69, 9.17) is 10.5 Å². The van der Waals surface area contributed by atoms with Gasteiger partial charge >= 0.3 is 0 Å². The molecule has 4 heteroatoms. The summed E-state index contributed by atoms with van der Waals surface area (Å²) in [4.78, 5) is 6.47. The number of hydrogen-bond donors (Lipinski definition) is 1. The predicted octanol–water partition coefficient (Wildman–Crippen LogP) is 1.21. The Morgan fingerprint density at radius 3 is 2.60 bits per heavy atom. The molecule has 0 aromatic heterocycles. The van der Waals surface area contributed by atoms with E-state index in [1.165, 1.54) is 0 Å². The van der Waals surface area contributed by atoms with Gasteiger partial charge in [0.05, 0.1) is 12.1 Å². The van der Waals surface area contributed by atoms with Gasteiger partial charge in [-0.3, -0.25) is 4.99 Å². The van der Waals surface area contributed by atoms with Crippen LogP contribution in [0.5, 0.6) is 0 Å². The average molecular weight is 213 g/mol. The summed E-state index contributed by atoms with van der Waals surface area (Å²) in [7, 11) is 0. The van der Waals surface area contributed by atoms with E-state index < -0.39 is 0 Å². The van der Waals surface area contributed by atoms with Crippen LogP contribution in [-0.4, -0.2) is 42.7 Å². The van der Waals surface area contributed by atoms with E-state index in [0.717, 1.165) is 32.5 Å². The fourth-order valence-corrected chi connectivity index (χ4v) is 1.86. The van der Waals surface area contributed by atoms with Gasteiger partial charge in [0.15, 0.2) is 5.96 Å². The minimum absolute atomic E-state index is 0.0855. The maximum atomic E-state index is 5.90. The monoisotopic (exact) mass is 213 g/mol. The second-order valence-corrected chi connectivity index (χ2v) is 4.25. The molecule has 1 fully saturated rings. The third-order valence-electron chi connectivity index (χ3n) is 2.96. The first kappa shape index (κ1) is 12.3. The lowest BCUT2D eigenvalue weighted by Crippen LogP contribution is -2.38. The van der Waals surface area contributed by atoms with Crippen molar-refractivity contribution in [1.29, 1.82) is 0 Å². The van der Waals surface area contributed by atoms with Gasteiger partial charge in [0.25, 0.3) is 0 Å². The molecule has 1 aliphatic heterocycles. The summed E-state index contributed by atoms with van der Waals surface area (Å²) in [5, 5.41) is 0. The van der Waals surface area contributed by atoms with Gasteiger partial charge in [0.2, 0.25) is 0 Å². The Kier molecular flexibility index (Phi) is 4.39. The second kappa shape index (κ2) is 5.35. The first-order valence-electron chi connectivity index (χ1n) is 5.80.